The largest absolute Gasteiger partial charge is 0.497 e. The molecule has 2 aliphatic rings. The summed E-state index contributed by atoms with van der Waals surface area (Å²) < 4.78 is 5.19. The summed E-state index contributed by atoms with van der Waals surface area (Å²) in [6.45, 7) is 0. The van der Waals surface area contributed by atoms with Crippen molar-refractivity contribution in [2.75, 3.05) is 7.11 Å². The van der Waals surface area contributed by atoms with Gasteiger partial charge in [-0.05, 0) is 48.9 Å². The van der Waals surface area contributed by atoms with Crippen molar-refractivity contribution in [1.29, 1.82) is 0 Å². The standard InChI is InChI=1S/C27H31N3O5/c1-35-21-9-5-8-19(16-21)25(32)30-23(15-18-10-11-18)26(33)29-22(14-17-6-3-2-4-7-17)24(31)27(34)28-20-12-13-20/h2-9,16,18,20,22-23H,10-15H2,1H3,(H,28,34)(H,29,33)(H,30,32)/t22?,23-/m0/s1. The summed E-state index contributed by atoms with van der Waals surface area (Å²) in [5.41, 5.74) is 1.20. The maximum Gasteiger partial charge on any atom is 0.289 e. The minimum Gasteiger partial charge on any atom is -0.497 e. The van der Waals surface area contributed by atoms with Crippen molar-refractivity contribution in [2.24, 2.45) is 5.92 Å². The number of rotatable bonds is 12. The second-order valence-corrected chi connectivity index (χ2v) is 9.30. The molecule has 0 saturated heterocycles. The summed E-state index contributed by atoms with van der Waals surface area (Å²) in [6.07, 6.45) is 4.36. The van der Waals surface area contributed by atoms with E-state index < -0.39 is 35.6 Å². The lowest BCUT2D eigenvalue weighted by Gasteiger charge is -2.23. The van der Waals surface area contributed by atoms with Gasteiger partial charge in [-0.15, -0.1) is 0 Å². The number of Topliss-reactive ketones (excluding diaryl/α,β-unsaturated/α-hetero) is 1. The summed E-state index contributed by atoms with van der Waals surface area (Å²) in [6, 6.07) is 14.1. The Bertz CT molecular complexity index is 1080. The number of hydrogen-bond acceptors (Lipinski definition) is 5. The third-order valence-electron chi connectivity index (χ3n) is 6.27. The van der Waals surface area contributed by atoms with Crippen LogP contribution in [0.4, 0.5) is 0 Å². The number of carbonyl (C=O) groups excluding carboxylic acids is 4. The molecule has 8 nitrogen and oxygen atoms in total. The molecule has 8 heteroatoms. The molecule has 2 saturated carbocycles. The van der Waals surface area contributed by atoms with Gasteiger partial charge >= 0.3 is 0 Å². The molecule has 2 aliphatic carbocycles. The molecule has 184 valence electrons. The number of hydrogen-bond donors (Lipinski definition) is 3. The zero-order valence-corrected chi connectivity index (χ0v) is 19.8. The van der Waals surface area contributed by atoms with Crippen molar-refractivity contribution in [3.8, 4) is 5.75 Å². The summed E-state index contributed by atoms with van der Waals surface area (Å²) >= 11 is 0. The number of carbonyl (C=O) groups is 4. The molecule has 2 atom stereocenters. The first kappa shape index (κ1) is 24.4. The highest BCUT2D eigenvalue weighted by Gasteiger charge is 2.35. The van der Waals surface area contributed by atoms with Crippen LogP contribution < -0.4 is 20.7 Å². The van der Waals surface area contributed by atoms with Crippen LogP contribution >= 0.6 is 0 Å². The van der Waals surface area contributed by atoms with E-state index in [1.165, 1.54) is 7.11 Å². The Balaban J connectivity index is 1.48. The maximum atomic E-state index is 13.3. The van der Waals surface area contributed by atoms with E-state index in [0.717, 1.165) is 31.2 Å². The third-order valence-corrected chi connectivity index (χ3v) is 6.27. The molecule has 0 heterocycles. The zero-order chi connectivity index (χ0) is 24.8. The molecular weight excluding hydrogens is 446 g/mol. The smallest absolute Gasteiger partial charge is 0.289 e. The van der Waals surface area contributed by atoms with Gasteiger partial charge in [0.15, 0.2) is 0 Å². The van der Waals surface area contributed by atoms with Gasteiger partial charge < -0.3 is 20.7 Å². The number of amides is 3. The number of benzene rings is 2. The molecule has 1 unspecified atom stereocenters. The van der Waals surface area contributed by atoms with Crippen LogP contribution in [0.15, 0.2) is 54.6 Å². The molecule has 35 heavy (non-hydrogen) atoms. The molecule has 0 aromatic heterocycles. The van der Waals surface area contributed by atoms with Crippen LogP contribution in [0.25, 0.3) is 0 Å². The van der Waals surface area contributed by atoms with Crippen molar-refractivity contribution in [2.45, 2.75) is 56.7 Å². The first-order valence-electron chi connectivity index (χ1n) is 12.1. The summed E-state index contributed by atoms with van der Waals surface area (Å²) in [7, 11) is 1.52. The molecule has 3 N–H and O–H groups in total. The van der Waals surface area contributed by atoms with Crippen molar-refractivity contribution in [3.05, 3.63) is 65.7 Å². The molecule has 0 radical (unpaired) electrons. The van der Waals surface area contributed by atoms with E-state index >= 15 is 0 Å². The molecule has 0 aliphatic heterocycles. The molecule has 3 amide bonds. The number of ether oxygens (including phenoxy) is 1. The quantitative estimate of drug-likeness (QED) is 0.406. The monoisotopic (exact) mass is 477 g/mol. The van der Waals surface area contributed by atoms with Gasteiger partial charge in [-0.1, -0.05) is 49.2 Å². The van der Waals surface area contributed by atoms with Crippen LogP contribution in [0.2, 0.25) is 0 Å². The predicted octanol–water partition coefficient (Wildman–Crippen LogP) is 2.17. The molecular formula is C27H31N3O5. The average Bonchev–Trinajstić information content (AvgIpc) is 3.80. The lowest BCUT2D eigenvalue weighted by atomic mass is 10.0. The van der Waals surface area contributed by atoms with E-state index in [9.17, 15) is 19.2 Å². The van der Waals surface area contributed by atoms with Gasteiger partial charge in [0.25, 0.3) is 11.8 Å². The summed E-state index contributed by atoms with van der Waals surface area (Å²) in [4.78, 5) is 51.7. The minimum atomic E-state index is -1.03. The fourth-order valence-electron chi connectivity index (χ4n) is 3.90. The third kappa shape index (κ3) is 7.15. The fourth-order valence-corrected chi connectivity index (χ4v) is 3.90. The van der Waals surface area contributed by atoms with Gasteiger partial charge in [-0.2, -0.15) is 0 Å². The Labute approximate surface area is 204 Å². The highest BCUT2D eigenvalue weighted by molar-refractivity contribution is 6.38. The first-order chi connectivity index (χ1) is 16.9. The predicted molar refractivity (Wildman–Crippen MR) is 130 cm³/mol. The second kappa shape index (κ2) is 11.2. The van der Waals surface area contributed by atoms with E-state index in [1.807, 2.05) is 30.3 Å². The highest BCUT2D eigenvalue weighted by Crippen LogP contribution is 2.33. The second-order valence-electron chi connectivity index (χ2n) is 9.30. The number of methoxy groups -OCH3 is 1. The number of nitrogens with one attached hydrogen (secondary N) is 3. The van der Waals surface area contributed by atoms with E-state index in [0.29, 0.717) is 23.7 Å². The maximum absolute atomic E-state index is 13.3. The van der Waals surface area contributed by atoms with Crippen LogP contribution in [0.1, 0.15) is 48.0 Å². The molecule has 0 spiro atoms. The van der Waals surface area contributed by atoms with Gasteiger partial charge in [0.2, 0.25) is 11.7 Å². The van der Waals surface area contributed by atoms with E-state index in [4.69, 9.17) is 4.74 Å². The Hall–Kier alpha value is -3.68. The van der Waals surface area contributed by atoms with E-state index in [1.54, 1.807) is 24.3 Å². The Morgan fingerprint density at radius 1 is 0.914 bits per heavy atom. The summed E-state index contributed by atoms with van der Waals surface area (Å²) in [5, 5.41) is 8.29. The van der Waals surface area contributed by atoms with Crippen molar-refractivity contribution >= 4 is 23.5 Å². The first-order valence-corrected chi connectivity index (χ1v) is 12.1. The Morgan fingerprint density at radius 3 is 2.31 bits per heavy atom. The minimum absolute atomic E-state index is 0.0318. The van der Waals surface area contributed by atoms with Crippen LogP contribution in [0.3, 0.4) is 0 Å². The molecule has 2 aromatic rings. The van der Waals surface area contributed by atoms with Crippen molar-refractivity contribution in [1.82, 2.24) is 16.0 Å². The van der Waals surface area contributed by atoms with Gasteiger partial charge in [0, 0.05) is 18.0 Å². The van der Waals surface area contributed by atoms with E-state index in [-0.39, 0.29) is 12.5 Å². The normalized spacial score (nSPS) is 16.5. The average molecular weight is 478 g/mol. The van der Waals surface area contributed by atoms with Crippen LogP contribution in [0, 0.1) is 5.92 Å². The van der Waals surface area contributed by atoms with Gasteiger partial charge in [0.05, 0.1) is 7.11 Å². The van der Waals surface area contributed by atoms with Gasteiger partial charge in [0.1, 0.15) is 17.8 Å². The molecule has 2 aromatic carbocycles. The fraction of sp³-hybridized carbons (Fsp3) is 0.407. The van der Waals surface area contributed by atoms with E-state index in [2.05, 4.69) is 16.0 Å². The van der Waals surface area contributed by atoms with Crippen molar-refractivity contribution < 1.29 is 23.9 Å². The molecule has 0 bridgehead atoms. The van der Waals surface area contributed by atoms with Gasteiger partial charge in [-0.3, -0.25) is 19.2 Å². The van der Waals surface area contributed by atoms with Crippen LogP contribution in [-0.2, 0) is 20.8 Å². The zero-order valence-electron chi connectivity index (χ0n) is 19.8. The van der Waals surface area contributed by atoms with Crippen molar-refractivity contribution in [3.63, 3.8) is 0 Å². The van der Waals surface area contributed by atoms with Gasteiger partial charge in [-0.25, -0.2) is 0 Å². The Kier molecular flexibility index (Phi) is 7.80. The Morgan fingerprint density at radius 2 is 1.66 bits per heavy atom. The molecule has 2 fully saturated rings. The molecule has 4 rings (SSSR count). The lowest BCUT2D eigenvalue weighted by Crippen LogP contribution is -2.54. The van der Waals surface area contributed by atoms with Crippen LogP contribution in [-0.4, -0.2) is 48.7 Å². The topological polar surface area (TPSA) is 114 Å². The lowest BCUT2D eigenvalue weighted by molar-refractivity contribution is -0.140. The SMILES string of the molecule is COc1cccc(C(=O)N[C@@H](CC2CC2)C(=O)NC(Cc2ccccc2)C(=O)C(=O)NC2CC2)c1. The number of ketones is 1. The van der Waals surface area contributed by atoms with Crippen LogP contribution in [0.5, 0.6) is 5.75 Å². The highest BCUT2D eigenvalue weighted by atomic mass is 16.5. The summed E-state index contributed by atoms with van der Waals surface area (Å²) in [5.74, 6) is -1.36.